The summed E-state index contributed by atoms with van der Waals surface area (Å²) in [7, 11) is 2.30. The van der Waals surface area contributed by atoms with Gasteiger partial charge >= 0.3 is 0 Å². The van der Waals surface area contributed by atoms with Crippen LogP contribution in [-0.4, -0.2) is 29.9 Å². The Labute approximate surface area is 116 Å². The number of nitrogens with zero attached hydrogens (tertiary/aromatic N) is 1. The molecule has 2 heteroatoms. The molecule has 1 aliphatic carbocycles. The van der Waals surface area contributed by atoms with Crippen molar-refractivity contribution in [1.82, 2.24) is 4.90 Å². The van der Waals surface area contributed by atoms with Crippen LogP contribution in [0.4, 0.5) is 0 Å². The van der Waals surface area contributed by atoms with Gasteiger partial charge in [-0.25, -0.2) is 0 Å². The molecule has 1 aliphatic rings. The van der Waals surface area contributed by atoms with Crippen molar-refractivity contribution in [1.29, 1.82) is 0 Å². The van der Waals surface area contributed by atoms with Gasteiger partial charge in [0.25, 0.3) is 0 Å². The second-order valence-electron chi connectivity index (χ2n) is 7.15. The fraction of sp³-hybridized carbons (Fsp3) is 1.00. The van der Waals surface area contributed by atoms with Crippen molar-refractivity contribution in [2.45, 2.75) is 65.8 Å². The lowest BCUT2D eigenvalue weighted by Crippen LogP contribution is -2.46. The average Bonchev–Trinajstić information content (AvgIpc) is 2.28. The van der Waals surface area contributed by atoms with Crippen molar-refractivity contribution < 1.29 is 0 Å². The van der Waals surface area contributed by atoms with Gasteiger partial charge in [-0.2, -0.15) is 0 Å². The summed E-state index contributed by atoms with van der Waals surface area (Å²) in [5, 5.41) is 1.17. The summed E-state index contributed by atoms with van der Waals surface area (Å²) in [4.78, 5) is 2.58. The van der Waals surface area contributed by atoms with Crippen molar-refractivity contribution in [2.75, 3.05) is 18.9 Å². The van der Waals surface area contributed by atoms with Gasteiger partial charge in [0.1, 0.15) is 0 Å². The van der Waals surface area contributed by atoms with E-state index in [0.717, 1.165) is 0 Å². The Morgan fingerprint density at radius 1 is 1.18 bits per heavy atom. The predicted octanol–water partition coefficient (Wildman–Crippen LogP) is 4.70. The minimum absolute atomic E-state index is 0.372. The van der Waals surface area contributed by atoms with E-state index in [1.807, 2.05) is 0 Å². The maximum Gasteiger partial charge on any atom is 0.0113 e. The van der Waals surface area contributed by atoms with Crippen LogP contribution in [0.25, 0.3) is 0 Å². The van der Waals surface area contributed by atoms with E-state index in [2.05, 4.69) is 55.6 Å². The summed E-state index contributed by atoms with van der Waals surface area (Å²) in [5.41, 5.74) is 0.906. The van der Waals surface area contributed by atoms with Crippen LogP contribution in [0.3, 0.4) is 0 Å². The molecule has 1 rings (SSSR count). The highest BCUT2D eigenvalue weighted by Gasteiger charge is 2.34. The highest BCUT2D eigenvalue weighted by molar-refractivity contribution is 9.09. The van der Waals surface area contributed by atoms with Crippen LogP contribution in [-0.2, 0) is 0 Å². The molecule has 1 fully saturated rings. The van der Waals surface area contributed by atoms with Crippen LogP contribution < -0.4 is 0 Å². The van der Waals surface area contributed by atoms with Crippen LogP contribution in [0.1, 0.15) is 59.8 Å². The molecule has 17 heavy (non-hydrogen) atoms. The zero-order chi connectivity index (χ0) is 13.1. The Morgan fingerprint density at radius 3 is 2.12 bits per heavy atom. The Kier molecular flexibility index (Phi) is 5.52. The van der Waals surface area contributed by atoms with E-state index in [0.29, 0.717) is 16.9 Å². The first-order chi connectivity index (χ1) is 7.81. The maximum atomic E-state index is 3.77. The third-order valence-electron chi connectivity index (χ3n) is 4.70. The lowest BCUT2D eigenvalue weighted by molar-refractivity contribution is 0.0744. The number of hydrogen-bond acceptors (Lipinski definition) is 1. The fourth-order valence-corrected chi connectivity index (χ4v) is 3.70. The van der Waals surface area contributed by atoms with Gasteiger partial charge in [-0.3, -0.25) is 0 Å². The second-order valence-corrected chi connectivity index (χ2v) is 7.71. The van der Waals surface area contributed by atoms with Crippen molar-refractivity contribution >= 4 is 15.9 Å². The quantitative estimate of drug-likeness (QED) is 0.681. The molecule has 1 nitrogen and oxygen atoms in total. The molecule has 0 bridgehead atoms. The van der Waals surface area contributed by atoms with E-state index in [9.17, 15) is 0 Å². The maximum absolute atomic E-state index is 3.77. The molecular formula is C15H30BrN. The van der Waals surface area contributed by atoms with Crippen LogP contribution in [0.5, 0.6) is 0 Å². The monoisotopic (exact) mass is 303 g/mol. The summed E-state index contributed by atoms with van der Waals surface area (Å²) in [6.45, 7) is 10.6. The van der Waals surface area contributed by atoms with Crippen LogP contribution in [0.15, 0.2) is 0 Å². The van der Waals surface area contributed by atoms with Gasteiger partial charge in [-0.05, 0) is 37.6 Å². The molecule has 102 valence electrons. The van der Waals surface area contributed by atoms with Gasteiger partial charge in [0.15, 0.2) is 0 Å². The lowest BCUT2D eigenvalue weighted by atomic mass is 9.74. The SMILES string of the molecule is CC(N(C)CC1(CBr)CCCCC1)C(C)(C)C. The smallest absolute Gasteiger partial charge is 0.0113 e. The molecule has 0 heterocycles. The first-order valence-electron chi connectivity index (χ1n) is 7.07. The van der Waals surface area contributed by atoms with Crippen LogP contribution in [0, 0.1) is 10.8 Å². The van der Waals surface area contributed by atoms with Gasteiger partial charge in [0.2, 0.25) is 0 Å². The van der Waals surface area contributed by atoms with Gasteiger partial charge in [0, 0.05) is 17.9 Å². The first-order valence-corrected chi connectivity index (χ1v) is 8.19. The molecular weight excluding hydrogens is 274 g/mol. The second kappa shape index (κ2) is 6.06. The van der Waals surface area contributed by atoms with E-state index < -0.39 is 0 Å². The molecule has 0 aliphatic heterocycles. The Hall–Kier alpha value is 0.440. The Bertz CT molecular complexity index is 226. The van der Waals surface area contributed by atoms with Crippen molar-refractivity contribution in [3.05, 3.63) is 0 Å². The van der Waals surface area contributed by atoms with Crippen LogP contribution in [0.2, 0.25) is 0 Å². The molecule has 0 aromatic rings. The summed E-state index contributed by atoms with van der Waals surface area (Å²) in [6.07, 6.45) is 7.08. The largest absolute Gasteiger partial charge is 0.303 e. The van der Waals surface area contributed by atoms with Gasteiger partial charge in [0.05, 0.1) is 0 Å². The molecule has 0 aromatic carbocycles. The van der Waals surface area contributed by atoms with Gasteiger partial charge in [-0.15, -0.1) is 0 Å². The molecule has 0 N–H and O–H groups in total. The molecule has 1 atom stereocenters. The third kappa shape index (κ3) is 4.24. The number of rotatable bonds is 4. The van der Waals surface area contributed by atoms with E-state index in [4.69, 9.17) is 0 Å². The van der Waals surface area contributed by atoms with E-state index >= 15 is 0 Å². The van der Waals surface area contributed by atoms with Crippen molar-refractivity contribution in [3.8, 4) is 0 Å². The van der Waals surface area contributed by atoms with Crippen molar-refractivity contribution in [3.63, 3.8) is 0 Å². The number of alkyl halides is 1. The summed E-state index contributed by atoms with van der Waals surface area (Å²) in [5.74, 6) is 0. The van der Waals surface area contributed by atoms with E-state index in [1.165, 1.54) is 44.0 Å². The Morgan fingerprint density at radius 2 is 1.71 bits per heavy atom. The highest BCUT2D eigenvalue weighted by atomic mass is 79.9. The summed E-state index contributed by atoms with van der Waals surface area (Å²) in [6, 6.07) is 0.639. The minimum Gasteiger partial charge on any atom is -0.303 e. The summed E-state index contributed by atoms with van der Waals surface area (Å²) < 4.78 is 0. The topological polar surface area (TPSA) is 3.24 Å². The Balaban J connectivity index is 2.61. The number of halogens is 1. The molecule has 0 amide bonds. The zero-order valence-corrected chi connectivity index (χ0v) is 13.9. The minimum atomic E-state index is 0.372. The first kappa shape index (κ1) is 15.5. The zero-order valence-electron chi connectivity index (χ0n) is 12.4. The van der Waals surface area contributed by atoms with Crippen LogP contribution >= 0.6 is 15.9 Å². The normalized spacial score (nSPS) is 22.8. The van der Waals surface area contributed by atoms with Crippen molar-refractivity contribution in [2.24, 2.45) is 10.8 Å². The lowest BCUT2D eigenvalue weighted by Gasteiger charge is -2.43. The van der Waals surface area contributed by atoms with Gasteiger partial charge in [-0.1, -0.05) is 56.0 Å². The average molecular weight is 304 g/mol. The standard InChI is InChI=1S/C15H30BrN/c1-13(14(2,3)4)17(5)12-15(11-16)9-7-6-8-10-15/h13H,6-12H2,1-5H3. The molecule has 1 unspecified atom stereocenters. The molecule has 0 spiro atoms. The van der Waals surface area contributed by atoms with Gasteiger partial charge < -0.3 is 4.90 Å². The molecule has 0 radical (unpaired) electrons. The fourth-order valence-electron chi connectivity index (χ4n) is 2.96. The highest BCUT2D eigenvalue weighted by Crippen LogP contribution is 2.39. The van der Waals surface area contributed by atoms with E-state index in [-0.39, 0.29) is 0 Å². The molecule has 1 saturated carbocycles. The third-order valence-corrected chi connectivity index (χ3v) is 5.89. The summed E-state index contributed by atoms with van der Waals surface area (Å²) >= 11 is 3.77. The number of hydrogen-bond donors (Lipinski definition) is 0. The molecule has 0 aromatic heterocycles. The predicted molar refractivity (Wildman–Crippen MR) is 80.9 cm³/mol. The molecule has 0 saturated heterocycles. The van der Waals surface area contributed by atoms with E-state index in [1.54, 1.807) is 0 Å².